The lowest BCUT2D eigenvalue weighted by Crippen LogP contribution is -2.42. The van der Waals surface area contributed by atoms with Gasteiger partial charge in [-0.05, 0) is 24.4 Å². The van der Waals surface area contributed by atoms with Gasteiger partial charge in [0.15, 0.2) is 0 Å². The molecule has 0 aromatic carbocycles. The first-order valence-electron chi connectivity index (χ1n) is 5.53. The van der Waals surface area contributed by atoms with Crippen LogP contribution in [-0.2, 0) is 0 Å². The zero-order chi connectivity index (χ0) is 11.4. The summed E-state index contributed by atoms with van der Waals surface area (Å²) >= 11 is 1.07. The average molecular weight is 241 g/mol. The maximum Gasteiger partial charge on any atom is 0.264 e. The Bertz CT molecular complexity index is 342. The van der Waals surface area contributed by atoms with Gasteiger partial charge in [0.2, 0.25) is 0 Å². The summed E-state index contributed by atoms with van der Waals surface area (Å²) < 4.78 is 3.64. The molecule has 2 atom stereocenters. The van der Waals surface area contributed by atoms with E-state index in [1.54, 1.807) is 0 Å². The molecule has 1 aliphatic rings. The summed E-state index contributed by atoms with van der Waals surface area (Å²) in [6, 6.07) is -0.128. The van der Waals surface area contributed by atoms with E-state index in [0.29, 0.717) is 4.88 Å². The van der Waals surface area contributed by atoms with Crippen LogP contribution in [0.1, 0.15) is 41.8 Å². The van der Waals surface area contributed by atoms with Gasteiger partial charge in [0.25, 0.3) is 5.91 Å². The number of aliphatic hydroxyl groups is 1. The molecule has 1 aliphatic carbocycles. The highest BCUT2D eigenvalue weighted by Gasteiger charge is 2.24. The number of aliphatic hydroxyl groups excluding tert-OH is 1. The fraction of sp³-hybridized carbons (Fsp3) is 0.700. The third-order valence-corrected chi connectivity index (χ3v) is 3.54. The van der Waals surface area contributed by atoms with Gasteiger partial charge >= 0.3 is 0 Å². The van der Waals surface area contributed by atoms with Gasteiger partial charge in [-0.15, -0.1) is 5.10 Å². The fourth-order valence-electron chi connectivity index (χ4n) is 1.96. The second-order valence-corrected chi connectivity index (χ2v) is 4.85. The highest BCUT2D eigenvalue weighted by atomic mass is 32.1. The summed E-state index contributed by atoms with van der Waals surface area (Å²) in [5, 5.41) is 16.3. The van der Waals surface area contributed by atoms with Gasteiger partial charge in [0, 0.05) is 0 Å². The lowest BCUT2D eigenvalue weighted by atomic mass is 10.1. The Morgan fingerprint density at radius 1 is 1.44 bits per heavy atom. The first-order valence-corrected chi connectivity index (χ1v) is 6.31. The Labute approximate surface area is 98.0 Å². The van der Waals surface area contributed by atoms with E-state index >= 15 is 0 Å². The van der Waals surface area contributed by atoms with Crippen molar-refractivity contribution in [2.75, 3.05) is 0 Å². The van der Waals surface area contributed by atoms with Crippen molar-refractivity contribution in [1.29, 1.82) is 0 Å². The summed E-state index contributed by atoms with van der Waals surface area (Å²) in [6.45, 7) is 0. The monoisotopic (exact) mass is 241 g/mol. The lowest BCUT2D eigenvalue weighted by molar-refractivity contribution is 0.0822. The maximum absolute atomic E-state index is 11.7. The third-order valence-electron chi connectivity index (χ3n) is 2.88. The van der Waals surface area contributed by atoms with Crippen molar-refractivity contribution in [2.24, 2.45) is 0 Å². The number of hydrogen-bond donors (Lipinski definition) is 2. The molecule has 2 N–H and O–H groups in total. The molecule has 6 heteroatoms. The van der Waals surface area contributed by atoms with E-state index in [-0.39, 0.29) is 11.9 Å². The molecule has 0 bridgehead atoms. The molecule has 0 spiro atoms. The highest BCUT2D eigenvalue weighted by Crippen LogP contribution is 2.18. The van der Waals surface area contributed by atoms with Crippen LogP contribution < -0.4 is 5.32 Å². The lowest BCUT2D eigenvalue weighted by Gasteiger charge is -2.21. The topological polar surface area (TPSA) is 75.1 Å². The first-order chi connectivity index (χ1) is 7.77. The number of carbonyl (C=O) groups is 1. The van der Waals surface area contributed by atoms with Gasteiger partial charge in [0.1, 0.15) is 4.88 Å². The summed E-state index contributed by atoms with van der Waals surface area (Å²) in [5.41, 5.74) is 0. The minimum atomic E-state index is -0.424. The Hall–Kier alpha value is -1.01. The zero-order valence-electron chi connectivity index (χ0n) is 8.93. The van der Waals surface area contributed by atoms with Gasteiger partial charge in [-0.25, -0.2) is 0 Å². The van der Waals surface area contributed by atoms with Crippen molar-refractivity contribution >= 4 is 17.4 Å². The highest BCUT2D eigenvalue weighted by molar-refractivity contribution is 7.07. The molecule has 0 aliphatic heterocycles. The van der Waals surface area contributed by atoms with Gasteiger partial charge in [-0.1, -0.05) is 23.8 Å². The molecule has 0 saturated heterocycles. The Kier molecular flexibility index (Phi) is 3.84. The molecule has 1 aromatic rings. The van der Waals surface area contributed by atoms with Gasteiger partial charge in [0.05, 0.1) is 18.3 Å². The molecular formula is C10H15N3O2S. The predicted octanol–water partition coefficient (Wildman–Crippen LogP) is 0.962. The van der Waals surface area contributed by atoms with E-state index in [0.717, 1.165) is 43.6 Å². The molecule has 16 heavy (non-hydrogen) atoms. The molecular weight excluding hydrogens is 226 g/mol. The van der Waals surface area contributed by atoms with Crippen molar-refractivity contribution in [3.05, 3.63) is 11.1 Å². The molecule has 1 saturated carbocycles. The normalized spacial score (nSPS) is 26.1. The number of nitrogens with zero attached hydrogens (tertiary/aromatic N) is 2. The minimum absolute atomic E-state index is 0.128. The van der Waals surface area contributed by atoms with Gasteiger partial charge < -0.3 is 10.4 Å². The Balaban J connectivity index is 1.95. The molecule has 0 radical (unpaired) electrons. The number of rotatable bonds is 2. The van der Waals surface area contributed by atoms with E-state index in [9.17, 15) is 9.90 Å². The van der Waals surface area contributed by atoms with Crippen molar-refractivity contribution < 1.29 is 9.90 Å². The van der Waals surface area contributed by atoms with Crippen molar-refractivity contribution in [3.63, 3.8) is 0 Å². The number of nitrogens with one attached hydrogen (secondary N) is 1. The van der Waals surface area contributed by atoms with Crippen LogP contribution in [-0.4, -0.2) is 32.7 Å². The van der Waals surface area contributed by atoms with E-state index in [1.807, 2.05) is 0 Å². The summed E-state index contributed by atoms with van der Waals surface area (Å²) in [7, 11) is 0. The number of carbonyl (C=O) groups excluding carboxylic acids is 1. The van der Waals surface area contributed by atoms with Crippen LogP contribution in [0.15, 0.2) is 6.20 Å². The Morgan fingerprint density at radius 2 is 2.25 bits per heavy atom. The third kappa shape index (κ3) is 2.76. The SMILES string of the molecule is O=C(NC1CCCCCC1O)c1cnns1. The van der Waals surface area contributed by atoms with Crippen molar-refractivity contribution in [2.45, 2.75) is 44.2 Å². The molecule has 2 rings (SSSR count). The van der Waals surface area contributed by atoms with Crippen LogP contribution in [0.4, 0.5) is 0 Å². The smallest absolute Gasteiger partial charge is 0.264 e. The standard InChI is InChI=1S/C10H15N3O2S/c14-8-5-3-1-2-4-7(8)12-10(15)9-6-11-13-16-9/h6-8,14H,1-5H2,(H,12,15). The minimum Gasteiger partial charge on any atom is -0.391 e. The summed E-state index contributed by atoms with van der Waals surface area (Å²) in [4.78, 5) is 12.2. The van der Waals surface area contributed by atoms with Crippen LogP contribution in [0.2, 0.25) is 0 Å². The van der Waals surface area contributed by atoms with Crippen molar-refractivity contribution in [1.82, 2.24) is 14.9 Å². The zero-order valence-corrected chi connectivity index (χ0v) is 9.74. The average Bonchev–Trinajstić information content (AvgIpc) is 2.73. The number of hydrogen-bond acceptors (Lipinski definition) is 5. The van der Waals surface area contributed by atoms with E-state index in [4.69, 9.17) is 0 Å². The molecule has 2 unspecified atom stereocenters. The molecule has 1 fully saturated rings. The van der Waals surface area contributed by atoms with Crippen LogP contribution >= 0.6 is 11.5 Å². The molecule has 1 amide bonds. The van der Waals surface area contributed by atoms with E-state index < -0.39 is 6.10 Å². The second-order valence-electron chi connectivity index (χ2n) is 4.07. The molecule has 1 aromatic heterocycles. The summed E-state index contributed by atoms with van der Waals surface area (Å²) in [6.07, 6.45) is 5.87. The second kappa shape index (κ2) is 5.36. The Morgan fingerprint density at radius 3 is 3.00 bits per heavy atom. The van der Waals surface area contributed by atoms with Crippen LogP contribution in [0.25, 0.3) is 0 Å². The number of amides is 1. The molecule has 1 heterocycles. The molecule has 5 nitrogen and oxygen atoms in total. The van der Waals surface area contributed by atoms with Gasteiger partial charge in [-0.2, -0.15) is 0 Å². The number of aromatic nitrogens is 2. The predicted molar refractivity (Wildman–Crippen MR) is 60.3 cm³/mol. The van der Waals surface area contributed by atoms with Crippen LogP contribution in [0.3, 0.4) is 0 Å². The van der Waals surface area contributed by atoms with E-state index in [2.05, 4.69) is 14.9 Å². The first kappa shape index (κ1) is 11.5. The van der Waals surface area contributed by atoms with Crippen LogP contribution in [0, 0.1) is 0 Å². The maximum atomic E-state index is 11.7. The van der Waals surface area contributed by atoms with Crippen LogP contribution in [0.5, 0.6) is 0 Å². The largest absolute Gasteiger partial charge is 0.391 e. The quantitative estimate of drug-likeness (QED) is 0.756. The summed E-state index contributed by atoms with van der Waals surface area (Å²) in [5.74, 6) is -0.180. The van der Waals surface area contributed by atoms with E-state index in [1.165, 1.54) is 6.20 Å². The fourth-order valence-corrected chi connectivity index (χ4v) is 2.38. The molecule has 88 valence electrons. The van der Waals surface area contributed by atoms with Crippen molar-refractivity contribution in [3.8, 4) is 0 Å². The van der Waals surface area contributed by atoms with Gasteiger partial charge in [-0.3, -0.25) is 4.79 Å².